The molecule has 1 aromatic carbocycles. The number of benzene rings is 1. The Labute approximate surface area is 176 Å². The van der Waals surface area contributed by atoms with Gasteiger partial charge in [-0.05, 0) is 30.2 Å². The van der Waals surface area contributed by atoms with Gasteiger partial charge in [0, 0.05) is 12.8 Å². The Morgan fingerprint density at radius 1 is 1.33 bits per heavy atom. The highest BCUT2D eigenvalue weighted by molar-refractivity contribution is 8.00. The number of nitrogens with two attached hydrogens (primary N) is 1. The normalized spacial score (nSPS) is 20.4. The quantitative estimate of drug-likeness (QED) is 0.275. The number of phenolic OH excluding ortho intramolecular Hbond substituents is 1. The highest BCUT2D eigenvalue weighted by Gasteiger charge is 2.53. The third-order valence-corrected chi connectivity index (χ3v) is 5.74. The number of thioether (sulfide) groups is 1. The second-order valence-corrected chi connectivity index (χ2v) is 7.41. The van der Waals surface area contributed by atoms with E-state index in [1.807, 2.05) is 0 Å². The molecule has 0 unspecified atom stereocenters. The van der Waals surface area contributed by atoms with Crippen LogP contribution < -0.4 is 16.4 Å². The van der Waals surface area contributed by atoms with Crippen molar-refractivity contribution in [2.24, 2.45) is 5.73 Å². The lowest BCUT2D eigenvalue weighted by atomic mass is 10.0. The van der Waals surface area contributed by atoms with E-state index in [9.17, 15) is 24.6 Å². The second kappa shape index (κ2) is 10.6. The molecule has 3 rings (SSSR count). The number of phenols is 1. The summed E-state index contributed by atoms with van der Waals surface area (Å²) in [5.74, 6) is -1.61. The van der Waals surface area contributed by atoms with Crippen LogP contribution in [0.25, 0.3) is 0 Å². The number of fused-ring (bicyclic) bond motifs is 1. The lowest BCUT2D eigenvalue weighted by Gasteiger charge is -2.49. The summed E-state index contributed by atoms with van der Waals surface area (Å²) in [6, 6.07) is 4.09. The maximum absolute atomic E-state index is 12.3. The number of aliphatic carboxylic acids is 1. The number of carboxylic acids is 1. The molecule has 0 radical (unpaired) electrons. The molecule has 0 aromatic heterocycles. The van der Waals surface area contributed by atoms with E-state index in [2.05, 4.69) is 10.6 Å². The summed E-state index contributed by atoms with van der Waals surface area (Å²) in [5, 5.41) is 23.0. The molecule has 0 saturated carbocycles. The van der Waals surface area contributed by atoms with Gasteiger partial charge in [-0.3, -0.25) is 19.3 Å². The fourth-order valence-electron chi connectivity index (χ4n) is 2.85. The molecule has 3 amide bonds. The second-order valence-electron chi connectivity index (χ2n) is 6.31. The summed E-state index contributed by atoms with van der Waals surface area (Å²) in [5.41, 5.74) is 7.00. The molecule has 1 aromatic rings. The average Bonchev–Trinajstić information content (AvgIpc) is 2.71. The summed E-state index contributed by atoms with van der Waals surface area (Å²) in [6.45, 7) is 1.67. The first-order valence-corrected chi connectivity index (χ1v) is 9.61. The monoisotopic (exact) mass is 440 g/mol. The molecule has 1 fully saturated rings. The lowest BCUT2D eigenvalue weighted by molar-refractivity contribution is -0.150. The molecule has 3 atom stereocenters. The number of aromatic hydroxyl groups is 1. The third kappa shape index (κ3) is 5.09. The molecular weight excluding hydrogens is 416 g/mol. The van der Waals surface area contributed by atoms with Crippen LogP contribution in [0, 0.1) is 0 Å². The van der Waals surface area contributed by atoms with Crippen molar-refractivity contribution in [3.05, 3.63) is 41.1 Å². The van der Waals surface area contributed by atoms with Gasteiger partial charge in [0.2, 0.25) is 12.3 Å². The maximum Gasteiger partial charge on any atom is 0.352 e. The number of nitrogens with zero attached hydrogens (tertiary/aromatic N) is 1. The van der Waals surface area contributed by atoms with Crippen molar-refractivity contribution in [2.45, 2.75) is 24.4 Å². The topological polar surface area (TPSA) is 194 Å². The van der Waals surface area contributed by atoms with Crippen molar-refractivity contribution < 1.29 is 34.9 Å². The van der Waals surface area contributed by atoms with Crippen molar-refractivity contribution >= 4 is 36.0 Å². The fraction of sp³-hybridized carbons (Fsp3) is 0.333. The maximum atomic E-state index is 12.3. The zero-order chi connectivity index (χ0) is 21.7. The molecule has 2 aliphatic heterocycles. The number of carbonyl (C=O) groups is 4. The minimum atomic E-state index is -1.15. The van der Waals surface area contributed by atoms with Crippen LogP contribution in [0.2, 0.25) is 0 Å². The van der Waals surface area contributed by atoms with Crippen molar-refractivity contribution in [3.63, 3.8) is 0 Å². The van der Waals surface area contributed by atoms with Gasteiger partial charge in [0.1, 0.15) is 28.9 Å². The van der Waals surface area contributed by atoms with E-state index in [0.717, 1.165) is 0 Å². The molecule has 11 nitrogen and oxygen atoms in total. The van der Waals surface area contributed by atoms with Gasteiger partial charge in [0.15, 0.2) is 0 Å². The molecule has 2 aliphatic rings. The van der Waals surface area contributed by atoms with E-state index in [-0.39, 0.29) is 16.9 Å². The zero-order valence-corrected chi connectivity index (χ0v) is 17.1. The van der Waals surface area contributed by atoms with Crippen LogP contribution in [0.1, 0.15) is 18.5 Å². The third-order valence-electron chi connectivity index (χ3n) is 4.31. The summed E-state index contributed by atoms with van der Waals surface area (Å²) in [7, 11) is 1.56. The minimum absolute atomic E-state index is 0. The van der Waals surface area contributed by atoms with Crippen LogP contribution in [0.3, 0.4) is 0 Å². The summed E-state index contributed by atoms with van der Waals surface area (Å²) in [4.78, 5) is 46.3. The highest BCUT2D eigenvalue weighted by Crippen LogP contribution is 2.40. The van der Waals surface area contributed by atoms with Gasteiger partial charge in [-0.2, -0.15) is 0 Å². The van der Waals surface area contributed by atoms with Crippen molar-refractivity contribution in [1.82, 2.24) is 15.5 Å². The molecule has 12 heteroatoms. The number of amides is 3. The molecule has 164 valence electrons. The predicted octanol–water partition coefficient (Wildman–Crippen LogP) is -1.31. The largest absolute Gasteiger partial charge is 0.508 e. The highest BCUT2D eigenvalue weighted by atomic mass is 32.2. The van der Waals surface area contributed by atoms with Crippen molar-refractivity contribution in [1.29, 1.82) is 0 Å². The summed E-state index contributed by atoms with van der Waals surface area (Å²) < 4.78 is 0. The molecule has 1 saturated heterocycles. The van der Waals surface area contributed by atoms with E-state index in [0.29, 0.717) is 23.3 Å². The minimum Gasteiger partial charge on any atom is -0.508 e. The Balaban J connectivity index is 0.000000827. The van der Waals surface area contributed by atoms with E-state index >= 15 is 0 Å². The molecular formula is C18H24N4O7S. The molecule has 0 aliphatic carbocycles. The van der Waals surface area contributed by atoms with Gasteiger partial charge in [0.05, 0.1) is 0 Å². The standard InChI is InChI=1S/C16H17N3O5S.C2H5NO.H2O/c1-7-6-25-15-11(14(22)19(15)12(7)16(23)24)18-13(21)10(17)8-2-4-9(20)5-3-8;1-3-2-4;/h2-5,10-11,15,20H,6,17H2,1H3,(H,18,21)(H,23,24);2H,1H3,(H,3,4);1H2/t10-,11-,15-;;/m1../s1. The number of hydrogen-bond acceptors (Lipinski definition) is 7. The van der Waals surface area contributed by atoms with Crippen LogP contribution in [0.4, 0.5) is 0 Å². The number of carbonyl (C=O) groups excluding carboxylic acids is 3. The van der Waals surface area contributed by atoms with Gasteiger partial charge in [-0.1, -0.05) is 12.1 Å². The number of β-lactam (4-membered cyclic amide) rings is 1. The summed E-state index contributed by atoms with van der Waals surface area (Å²) >= 11 is 1.40. The first kappa shape index (κ1) is 24.9. The van der Waals surface area contributed by atoms with Crippen LogP contribution in [-0.4, -0.2) is 69.0 Å². The van der Waals surface area contributed by atoms with E-state index < -0.39 is 35.2 Å². The van der Waals surface area contributed by atoms with Gasteiger partial charge < -0.3 is 32.1 Å². The molecule has 0 bridgehead atoms. The van der Waals surface area contributed by atoms with Crippen LogP contribution in [-0.2, 0) is 19.2 Å². The number of carboxylic acid groups (broad SMARTS) is 1. The number of rotatable bonds is 5. The van der Waals surface area contributed by atoms with Crippen molar-refractivity contribution in [3.8, 4) is 5.75 Å². The van der Waals surface area contributed by atoms with E-state index in [1.165, 1.54) is 40.9 Å². The first-order chi connectivity index (χ1) is 13.7. The van der Waals surface area contributed by atoms with E-state index in [4.69, 9.17) is 10.5 Å². The van der Waals surface area contributed by atoms with E-state index in [1.54, 1.807) is 14.0 Å². The Kier molecular flexibility index (Phi) is 8.83. The molecule has 30 heavy (non-hydrogen) atoms. The fourth-order valence-corrected chi connectivity index (χ4v) is 4.14. The van der Waals surface area contributed by atoms with Gasteiger partial charge in [0.25, 0.3) is 5.91 Å². The Morgan fingerprint density at radius 2 is 1.90 bits per heavy atom. The first-order valence-electron chi connectivity index (χ1n) is 8.56. The Hall–Kier alpha value is -3.09. The van der Waals surface area contributed by atoms with Gasteiger partial charge in [-0.15, -0.1) is 11.8 Å². The SMILES string of the molecule is CC1=C(C(=O)O)N2C(=O)[C@@H](NC(=O)[C@H](N)c3ccc(O)cc3)[C@H]2SC1.CNC=O.O. The molecule has 0 spiro atoms. The number of hydrogen-bond donors (Lipinski definition) is 5. The Bertz CT molecular complexity index is 843. The smallest absolute Gasteiger partial charge is 0.352 e. The van der Waals surface area contributed by atoms with Gasteiger partial charge in [-0.25, -0.2) is 4.79 Å². The van der Waals surface area contributed by atoms with Crippen LogP contribution >= 0.6 is 11.8 Å². The Morgan fingerprint density at radius 3 is 2.40 bits per heavy atom. The molecule has 8 N–H and O–H groups in total. The average molecular weight is 440 g/mol. The zero-order valence-electron chi connectivity index (χ0n) is 16.3. The van der Waals surface area contributed by atoms with Crippen LogP contribution in [0.5, 0.6) is 5.75 Å². The van der Waals surface area contributed by atoms with Crippen molar-refractivity contribution in [2.75, 3.05) is 12.8 Å². The predicted molar refractivity (Wildman–Crippen MR) is 109 cm³/mol. The lowest BCUT2D eigenvalue weighted by Crippen LogP contribution is -2.71. The van der Waals surface area contributed by atoms with Gasteiger partial charge >= 0.3 is 5.97 Å². The molecule has 2 heterocycles. The number of nitrogens with one attached hydrogen (secondary N) is 2. The van der Waals surface area contributed by atoms with Crippen LogP contribution in [0.15, 0.2) is 35.5 Å². The summed E-state index contributed by atoms with van der Waals surface area (Å²) in [6.07, 6.45) is 0.625.